The molecule has 96 valence electrons. The summed E-state index contributed by atoms with van der Waals surface area (Å²) in [6, 6.07) is 6.94. The molecule has 0 amide bonds. The van der Waals surface area contributed by atoms with Crippen molar-refractivity contribution in [1.29, 1.82) is 0 Å². The summed E-state index contributed by atoms with van der Waals surface area (Å²) in [6.45, 7) is 6.40. The minimum Gasteiger partial charge on any atom is -0.306 e. The molecule has 0 unspecified atom stereocenters. The zero-order valence-corrected chi connectivity index (χ0v) is 11.2. The number of rotatable bonds is 2. The maximum Gasteiger partial charge on any atom is 0.123 e. The molecule has 1 aromatic carbocycles. The first-order chi connectivity index (χ1) is 8.24. The number of piperidine rings is 1. The van der Waals surface area contributed by atoms with Crippen LogP contribution in [0.15, 0.2) is 24.3 Å². The molecule has 0 aromatic heterocycles. The lowest BCUT2D eigenvalue weighted by atomic mass is 9.90. The molecule has 0 radical (unpaired) electrons. The third-order valence-electron chi connectivity index (χ3n) is 3.28. The van der Waals surface area contributed by atoms with Crippen LogP contribution in [0.4, 0.5) is 4.39 Å². The number of likely N-dealkylation sites (tertiary alicyclic amines) is 1. The average Bonchev–Trinajstić information content (AvgIpc) is 2.37. The molecule has 0 aliphatic carbocycles. The van der Waals surface area contributed by atoms with Gasteiger partial charge in [0.2, 0.25) is 0 Å². The van der Waals surface area contributed by atoms with Gasteiger partial charge < -0.3 is 4.90 Å². The molecule has 0 bridgehead atoms. The van der Waals surface area contributed by atoms with E-state index in [9.17, 15) is 4.39 Å². The molecule has 1 aromatic rings. The van der Waals surface area contributed by atoms with Crippen LogP contribution in [0.3, 0.4) is 0 Å². The third kappa shape index (κ3) is 4.86. The minimum absolute atomic E-state index is 0.137. The number of nitrogens with zero attached hydrogens (tertiary/aromatic N) is 1. The van der Waals surface area contributed by atoms with E-state index in [1.807, 2.05) is 26.0 Å². The van der Waals surface area contributed by atoms with Gasteiger partial charge in [-0.2, -0.15) is 0 Å². The van der Waals surface area contributed by atoms with Crippen LogP contribution in [0, 0.1) is 11.7 Å². The van der Waals surface area contributed by atoms with Crippen molar-refractivity contribution in [3.63, 3.8) is 0 Å². The fourth-order valence-corrected chi connectivity index (χ4v) is 2.22. The van der Waals surface area contributed by atoms with E-state index in [-0.39, 0.29) is 5.82 Å². The molecule has 1 heterocycles. The van der Waals surface area contributed by atoms with E-state index in [1.54, 1.807) is 12.1 Å². The van der Waals surface area contributed by atoms with Crippen molar-refractivity contribution < 1.29 is 4.39 Å². The van der Waals surface area contributed by atoms with Gasteiger partial charge in [-0.3, -0.25) is 0 Å². The van der Waals surface area contributed by atoms with Crippen LogP contribution in [0.1, 0.15) is 32.3 Å². The smallest absolute Gasteiger partial charge is 0.123 e. The van der Waals surface area contributed by atoms with Gasteiger partial charge in [0.1, 0.15) is 5.82 Å². The first kappa shape index (κ1) is 14.2. The molecule has 1 aliphatic heterocycles. The molecular formula is C15H24FN. The van der Waals surface area contributed by atoms with Gasteiger partial charge >= 0.3 is 0 Å². The van der Waals surface area contributed by atoms with Crippen LogP contribution in [0.2, 0.25) is 0 Å². The molecule has 1 aliphatic rings. The van der Waals surface area contributed by atoms with E-state index < -0.39 is 0 Å². The lowest BCUT2D eigenvalue weighted by Gasteiger charge is -2.28. The maximum atomic E-state index is 12.7. The van der Waals surface area contributed by atoms with E-state index in [4.69, 9.17) is 0 Å². The predicted molar refractivity (Wildman–Crippen MR) is 71.7 cm³/mol. The SMILES string of the molecule is CC.CN1CCC(Cc2ccc(F)cc2)CC1. The Balaban J connectivity index is 0.000000686. The van der Waals surface area contributed by atoms with Crippen molar-refractivity contribution in [3.05, 3.63) is 35.6 Å². The van der Waals surface area contributed by atoms with Gasteiger partial charge in [0, 0.05) is 0 Å². The Morgan fingerprint density at radius 1 is 1.12 bits per heavy atom. The zero-order chi connectivity index (χ0) is 12.7. The normalized spacial score (nSPS) is 17.4. The van der Waals surface area contributed by atoms with E-state index in [2.05, 4.69) is 11.9 Å². The Hall–Kier alpha value is -0.890. The highest BCUT2D eigenvalue weighted by Crippen LogP contribution is 2.20. The van der Waals surface area contributed by atoms with Crippen molar-refractivity contribution in [2.45, 2.75) is 33.1 Å². The molecule has 17 heavy (non-hydrogen) atoms. The summed E-state index contributed by atoms with van der Waals surface area (Å²) in [4.78, 5) is 2.38. The van der Waals surface area contributed by atoms with Crippen molar-refractivity contribution in [1.82, 2.24) is 4.90 Å². The summed E-state index contributed by atoms with van der Waals surface area (Å²) in [5, 5.41) is 0. The zero-order valence-electron chi connectivity index (χ0n) is 11.2. The highest BCUT2D eigenvalue weighted by atomic mass is 19.1. The largest absolute Gasteiger partial charge is 0.306 e. The average molecular weight is 237 g/mol. The summed E-state index contributed by atoms with van der Waals surface area (Å²) >= 11 is 0. The molecule has 0 atom stereocenters. The molecule has 1 nitrogen and oxygen atoms in total. The van der Waals surface area contributed by atoms with Crippen LogP contribution < -0.4 is 0 Å². The van der Waals surface area contributed by atoms with Crippen LogP contribution in [-0.2, 0) is 6.42 Å². The second-order valence-electron chi connectivity index (χ2n) is 4.58. The van der Waals surface area contributed by atoms with Crippen molar-refractivity contribution >= 4 is 0 Å². The van der Waals surface area contributed by atoms with E-state index in [0.29, 0.717) is 0 Å². The van der Waals surface area contributed by atoms with Gasteiger partial charge in [-0.25, -0.2) is 4.39 Å². The molecule has 0 spiro atoms. The monoisotopic (exact) mass is 237 g/mol. The lowest BCUT2D eigenvalue weighted by Crippen LogP contribution is -2.30. The number of halogens is 1. The summed E-state index contributed by atoms with van der Waals surface area (Å²) < 4.78 is 12.7. The second-order valence-corrected chi connectivity index (χ2v) is 4.58. The predicted octanol–water partition coefficient (Wildman–Crippen LogP) is 3.74. The lowest BCUT2D eigenvalue weighted by molar-refractivity contribution is 0.219. The van der Waals surface area contributed by atoms with Gasteiger partial charge in [0.05, 0.1) is 0 Å². The third-order valence-corrected chi connectivity index (χ3v) is 3.28. The highest BCUT2D eigenvalue weighted by Gasteiger charge is 2.16. The van der Waals surface area contributed by atoms with Crippen molar-refractivity contribution in [2.24, 2.45) is 5.92 Å². The Morgan fingerprint density at radius 2 is 1.65 bits per heavy atom. The van der Waals surface area contributed by atoms with Gasteiger partial charge in [0.25, 0.3) is 0 Å². The molecule has 0 saturated carbocycles. The van der Waals surface area contributed by atoms with Gasteiger partial charge in [-0.15, -0.1) is 0 Å². The molecule has 1 saturated heterocycles. The van der Waals surface area contributed by atoms with Crippen LogP contribution >= 0.6 is 0 Å². The highest BCUT2D eigenvalue weighted by molar-refractivity contribution is 5.16. The molecule has 1 fully saturated rings. The van der Waals surface area contributed by atoms with E-state index >= 15 is 0 Å². The van der Waals surface area contributed by atoms with Crippen LogP contribution in [-0.4, -0.2) is 25.0 Å². The summed E-state index contributed by atoms with van der Waals surface area (Å²) in [6.07, 6.45) is 3.65. The number of hydrogen-bond acceptors (Lipinski definition) is 1. The van der Waals surface area contributed by atoms with Gasteiger partial charge in [0.15, 0.2) is 0 Å². The summed E-state index contributed by atoms with van der Waals surface area (Å²) in [5.41, 5.74) is 1.27. The van der Waals surface area contributed by atoms with Crippen LogP contribution in [0.5, 0.6) is 0 Å². The molecule has 2 heteroatoms. The summed E-state index contributed by atoms with van der Waals surface area (Å²) in [7, 11) is 2.17. The Labute approximate surface area is 105 Å². The van der Waals surface area contributed by atoms with Gasteiger partial charge in [-0.1, -0.05) is 26.0 Å². The summed E-state index contributed by atoms with van der Waals surface area (Å²) in [5.74, 6) is 0.647. The van der Waals surface area contributed by atoms with E-state index in [1.165, 1.54) is 31.5 Å². The standard InChI is InChI=1S/C13H18FN.C2H6/c1-15-8-6-12(7-9-15)10-11-2-4-13(14)5-3-11;1-2/h2-5,12H,6-10H2,1H3;1-2H3. The quantitative estimate of drug-likeness (QED) is 0.757. The maximum absolute atomic E-state index is 12.7. The van der Waals surface area contributed by atoms with Gasteiger partial charge in [-0.05, 0) is 63.0 Å². The fraction of sp³-hybridized carbons (Fsp3) is 0.600. The fourth-order valence-electron chi connectivity index (χ4n) is 2.22. The molecule has 2 rings (SSSR count). The second kappa shape index (κ2) is 7.44. The number of hydrogen-bond donors (Lipinski definition) is 0. The Morgan fingerprint density at radius 3 is 2.18 bits per heavy atom. The van der Waals surface area contributed by atoms with E-state index in [0.717, 1.165) is 12.3 Å². The first-order valence-electron chi connectivity index (χ1n) is 6.67. The van der Waals surface area contributed by atoms with Crippen LogP contribution in [0.25, 0.3) is 0 Å². The van der Waals surface area contributed by atoms with Crippen molar-refractivity contribution in [2.75, 3.05) is 20.1 Å². The first-order valence-corrected chi connectivity index (χ1v) is 6.67. The molecular weight excluding hydrogens is 213 g/mol. The Bertz CT molecular complexity index is 299. The van der Waals surface area contributed by atoms with Crippen molar-refractivity contribution in [3.8, 4) is 0 Å². The number of benzene rings is 1. The minimum atomic E-state index is -0.137. The Kier molecular flexibility index (Phi) is 6.20. The molecule has 0 N–H and O–H groups in total. The topological polar surface area (TPSA) is 3.24 Å².